The van der Waals surface area contributed by atoms with Crippen LogP contribution in [-0.4, -0.2) is 46.5 Å². The number of rotatable bonds is 3. The quantitative estimate of drug-likeness (QED) is 0.735. The summed E-state index contributed by atoms with van der Waals surface area (Å²) in [5.41, 5.74) is 0. The zero-order valence-electron chi connectivity index (χ0n) is 9.60. The van der Waals surface area contributed by atoms with E-state index in [0.717, 1.165) is 19.5 Å². The monoisotopic (exact) mass is 213 g/mol. The number of β-amino-alcohol motifs (C(OH)–C–C–N with tert-alkyl or cyclic N) is 1. The maximum Gasteiger partial charge on any atom is 0.0639 e. The first kappa shape index (κ1) is 11.4. The van der Waals surface area contributed by atoms with Gasteiger partial charge in [0.25, 0.3) is 0 Å². The topological polar surface area (TPSA) is 43.7 Å². The van der Waals surface area contributed by atoms with E-state index >= 15 is 0 Å². The Morgan fingerprint density at radius 2 is 2.07 bits per heavy atom. The van der Waals surface area contributed by atoms with Crippen molar-refractivity contribution in [3.63, 3.8) is 0 Å². The van der Waals surface area contributed by atoms with Crippen molar-refractivity contribution >= 4 is 0 Å². The molecule has 0 bridgehead atoms. The molecule has 2 fully saturated rings. The van der Waals surface area contributed by atoms with Gasteiger partial charge in [-0.3, -0.25) is 4.90 Å². The molecule has 4 unspecified atom stereocenters. The summed E-state index contributed by atoms with van der Waals surface area (Å²) < 4.78 is 0. The summed E-state index contributed by atoms with van der Waals surface area (Å²) in [5, 5.41) is 19.3. The van der Waals surface area contributed by atoms with Crippen LogP contribution in [0.2, 0.25) is 0 Å². The summed E-state index contributed by atoms with van der Waals surface area (Å²) in [7, 11) is 0. The number of likely N-dealkylation sites (tertiary alicyclic amines) is 1. The van der Waals surface area contributed by atoms with Gasteiger partial charge in [-0.25, -0.2) is 0 Å². The van der Waals surface area contributed by atoms with Crippen LogP contribution in [0.5, 0.6) is 0 Å². The molecule has 0 aromatic carbocycles. The van der Waals surface area contributed by atoms with Crippen LogP contribution in [0.15, 0.2) is 0 Å². The van der Waals surface area contributed by atoms with E-state index in [2.05, 4.69) is 4.90 Å². The van der Waals surface area contributed by atoms with Crippen LogP contribution < -0.4 is 0 Å². The lowest BCUT2D eigenvalue weighted by atomic mass is 9.94. The molecule has 1 aliphatic carbocycles. The van der Waals surface area contributed by atoms with E-state index in [1.165, 1.54) is 25.7 Å². The lowest BCUT2D eigenvalue weighted by Crippen LogP contribution is -2.42. The van der Waals surface area contributed by atoms with E-state index in [-0.39, 0.29) is 12.2 Å². The predicted molar refractivity (Wildman–Crippen MR) is 59.6 cm³/mol. The Hall–Kier alpha value is -0.120. The average Bonchev–Trinajstić information content (AvgIpc) is 2.73. The fraction of sp³-hybridized carbons (Fsp3) is 1.00. The van der Waals surface area contributed by atoms with Crippen LogP contribution in [0.25, 0.3) is 0 Å². The third-order valence-corrected chi connectivity index (χ3v) is 3.94. The van der Waals surface area contributed by atoms with Crippen LogP contribution >= 0.6 is 0 Å². The van der Waals surface area contributed by atoms with E-state index < -0.39 is 0 Å². The Balaban J connectivity index is 1.94. The molecule has 1 saturated carbocycles. The maximum absolute atomic E-state index is 9.91. The summed E-state index contributed by atoms with van der Waals surface area (Å²) in [5.74, 6) is 0.464. The third kappa shape index (κ3) is 2.52. The highest BCUT2D eigenvalue weighted by Crippen LogP contribution is 2.35. The van der Waals surface area contributed by atoms with Crippen molar-refractivity contribution in [1.29, 1.82) is 0 Å². The SMILES string of the molecule is CC(O)CN1CCCC1C1CCCC1O. The van der Waals surface area contributed by atoms with Crippen molar-refractivity contribution in [2.24, 2.45) is 5.92 Å². The van der Waals surface area contributed by atoms with Crippen molar-refractivity contribution in [3.05, 3.63) is 0 Å². The molecule has 0 amide bonds. The fourth-order valence-corrected chi connectivity index (χ4v) is 3.32. The minimum Gasteiger partial charge on any atom is -0.393 e. The normalized spacial score (nSPS) is 39.8. The molecular formula is C12H23NO2. The standard InChI is InChI=1S/C12H23NO2/c1-9(14)8-13-7-3-5-11(13)10-4-2-6-12(10)15/h9-12,14-15H,2-8H2,1H3. The lowest BCUT2D eigenvalue weighted by molar-refractivity contribution is 0.0524. The summed E-state index contributed by atoms with van der Waals surface area (Å²) in [6.45, 7) is 3.72. The van der Waals surface area contributed by atoms with Crippen LogP contribution in [0.1, 0.15) is 39.0 Å². The number of hydrogen-bond acceptors (Lipinski definition) is 3. The molecule has 1 aliphatic heterocycles. The fourth-order valence-electron chi connectivity index (χ4n) is 3.32. The van der Waals surface area contributed by atoms with Crippen LogP contribution in [-0.2, 0) is 0 Å². The number of nitrogens with zero attached hydrogens (tertiary/aromatic N) is 1. The van der Waals surface area contributed by atoms with Gasteiger partial charge in [0.2, 0.25) is 0 Å². The van der Waals surface area contributed by atoms with E-state index in [4.69, 9.17) is 0 Å². The Kier molecular flexibility index (Phi) is 3.65. The van der Waals surface area contributed by atoms with Crippen molar-refractivity contribution in [2.45, 2.75) is 57.3 Å². The molecule has 0 spiro atoms. The highest BCUT2D eigenvalue weighted by molar-refractivity contribution is 4.91. The lowest BCUT2D eigenvalue weighted by Gasteiger charge is -2.31. The second-order valence-corrected chi connectivity index (χ2v) is 5.22. The Labute approximate surface area is 92.1 Å². The predicted octanol–water partition coefficient (Wildman–Crippen LogP) is 0.993. The first-order chi connectivity index (χ1) is 7.18. The molecule has 88 valence electrons. The zero-order valence-corrected chi connectivity index (χ0v) is 9.60. The largest absolute Gasteiger partial charge is 0.393 e. The van der Waals surface area contributed by atoms with E-state index in [1.807, 2.05) is 6.92 Å². The van der Waals surface area contributed by atoms with Crippen molar-refractivity contribution in [2.75, 3.05) is 13.1 Å². The van der Waals surface area contributed by atoms with Gasteiger partial charge in [-0.15, -0.1) is 0 Å². The molecular weight excluding hydrogens is 190 g/mol. The number of aliphatic hydroxyl groups excluding tert-OH is 2. The molecule has 0 radical (unpaired) electrons. The molecule has 3 heteroatoms. The molecule has 3 nitrogen and oxygen atoms in total. The van der Waals surface area contributed by atoms with Gasteiger partial charge in [-0.05, 0) is 39.2 Å². The molecule has 15 heavy (non-hydrogen) atoms. The van der Waals surface area contributed by atoms with E-state index in [0.29, 0.717) is 12.0 Å². The molecule has 0 aromatic rings. The van der Waals surface area contributed by atoms with Gasteiger partial charge < -0.3 is 10.2 Å². The van der Waals surface area contributed by atoms with Crippen molar-refractivity contribution < 1.29 is 10.2 Å². The molecule has 1 heterocycles. The Bertz CT molecular complexity index is 208. The first-order valence-electron chi connectivity index (χ1n) is 6.28. The van der Waals surface area contributed by atoms with Crippen LogP contribution in [0.3, 0.4) is 0 Å². The average molecular weight is 213 g/mol. The number of hydrogen-bond donors (Lipinski definition) is 2. The minimum absolute atomic E-state index is 0.0930. The Morgan fingerprint density at radius 3 is 2.67 bits per heavy atom. The van der Waals surface area contributed by atoms with Gasteiger partial charge in [0.1, 0.15) is 0 Å². The zero-order chi connectivity index (χ0) is 10.8. The van der Waals surface area contributed by atoms with Gasteiger partial charge in [-0.1, -0.05) is 6.42 Å². The molecule has 4 atom stereocenters. The highest BCUT2D eigenvalue weighted by atomic mass is 16.3. The second-order valence-electron chi connectivity index (χ2n) is 5.22. The Morgan fingerprint density at radius 1 is 1.27 bits per heavy atom. The highest BCUT2D eigenvalue weighted by Gasteiger charge is 2.38. The second kappa shape index (κ2) is 4.81. The molecule has 2 aliphatic rings. The van der Waals surface area contributed by atoms with Crippen molar-refractivity contribution in [3.8, 4) is 0 Å². The van der Waals surface area contributed by atoms with Gasteiger partial charge >= 0.3 is 0 Å². The van der Waals surface area contributed by atoms with Gasteiger partial charge in [0, 0.05) is 18.5 Å². The minimum atomic E-state index is -0.246. The van der Waals surface area contributed by atoms with Crippen LogP contribution in [0.4, 0.5) is 0 Å². The van der Waals surface area contributed by atoms with Gasteiger partial charge in [-0.2, -0.15) is 0 Å². The first-order valence-corrected chi connectivity index (χ1v) is 6.28. The third-order valence-electron chi connectivity index (χ3n) is 3.94. The number of aliphatic hydroxyl groups is 2. The molecule has 2 rings (SSSR count). The van der Waals surface area contributed by atoms with Crippen LogP contribution in [0, 0.1) is 5.92 Å². The van der Waals surface area contributed by atoms with Gasteiger partial charge in [0.05, 0.1) is 12.2 Å². The molecule has 1 saturated heterocycles. The molecule has 0 aromatic heterocycles. The maximum atomic E-state index is 9.91. The van der Waals surface area contributed by atoms with Crippen molar-refractivity contribution in [1.82, 2.24) is 4.90 Å². The van der Waals surface area contributed by atoms with E-state index in [1.54, 1.807) is 0 Å². The summed E-state index contributed by atoms with van der Waals surface area (Å²) in [6, 6.07) is 0.525. The summed E-state index contributed by atoms with van der Waals surface area (Å²) in [4.78, 5) is 2.38. The van der Waals surface area contributed by atoms with Gasteiger partial charge in [0.15, 0.2) is 0 Å². The smallest absolute Gasteiger partial charge is 0.0639 e. The van der Waals surface area contributed by atoms with E-state index in [9.17, 15) is 10.2 Å². The summed E-state index contributed by atoms with van der Waals surface area (Å²) in [6.07, 6.45) is 5.40. The summed E-state index contributed by atoms with van der Waals surface area (Å²) >= 11 is 0. The molecule has 2 N–H and O–H groups in total.